The third-order valence-corrected chi connectivity index (χ3v) is 4.43. The van der Waals surface area contributed by atoms with Crippen LogP contribution < -0.4 is 11.1 Å². The fourth-order valence-corrected chi connectivity index (χ4v) is 3.12. The molecule has 0 fully saturated rings. The van der Waals surface area contributed by atoms with Gasteiger partial charge in [-0.3, -0.25) is 4.98 Å². The molecule has 4 N–H and O–H groups in total. The molecule has 8 nitrogen and oxygen atoms in total. The second-order valence-corrected chi connectivity index (χ2v) is 6.40. The van der Waals surface area contributed by atoms with Gasteiger partial charge in [0, 0.05) is 41.1 Å². The Balaban J connectivity index is 1.84. The smallest absolute Gasteiger partial charge is 0.405 e. The Morgan fingerprint density at radius 1 is 1.29 bits per heavy atom. The van der Waals surface area contributed by atoms with E-state index in [4.69, 9.17) is 10.8 Å². The molecule has 0 aliphatic carbocycles. The normalized spacial score (nSPS) is 12.6. The lowest BCUT2D eigenvalue weighted by atomic mass is 10.1. The van der Waals surface area contributed by atoms with Gasteiger partial charge in [-0.05, 0) is 25.1 Å². The van der Waals surface area contributed by atoms with Crippen molar-refractivity contribution in [2.75, 3.05) is 5.73 Å². The van der Waals surface area contributed by atoms with Crippen LogP contribution in [0.2, 0.25) is 0 Å². The number of nitrogen functional groups attached to an aromatic ring is 1. The molecule has 8 heteroatoms. The number of rotatable bonds is 4. The second kappa shape index (κ2) is 6.99. The molecule has 0 aliphatic rings. The molecule has 3 aromatic heterocycles. The van der Waals surface area contributed by atoms with Crippen molar-refractivity contribution >= 4 is 40.0 Å². The SMILES string of the molecule is CC(C=Cn1cc(-c2cnc3ccccc3c2)c2c(N)ncnc21)NC(=O)O. The molecular formula is C20H18N6O2. The number of fused-ring (bicyclic) bond motifs is 2. The molecule has 4 aromatic rings. The Labute approximate surface area is 160 Å². The van der Waals surface area contributed by atoms with Crippen LogP contribution in [0.4, 0.5) is 10.6 Å². The summed E-state index contributed by atoms with van der Waals surface area (Å²) in [4.78, 5) is 23.8. The van der Waals surface area contributed by atoms with Crippen LogP contribution in [0.15, 0.2) is 55.1 Å². The number of nitrogens with one attached hydrogen (secondary N) is 1. The summed E-state index contributed by atoms with van der Waals surface area (Å²) < 4.78 is 1.80. The monoisotopic (exact) mass is 374 g/mol. The van der Waals surface area contributed by atoms with Gasteiger partial charge in [-0.1, -0.05) is 18.2 Å². The number of nitrogens with zero attached hydrogens (tertiary/aromatic N) is 4. The van der Waals surface area contributed by atoms with Gasteiger partial charge in [0.15, 0.2) is 0 Å². The molecule has 28 heavy (non-hydrogen) atoms. The van der Waals surface area contributed by atoms with Gasteiger partial charge in [-0.15, -0.1) is 0 Å². The molecule has 0 saturated heterocycles. The molecule has 1 unspecified atom stereocenters. The predicted octanol–water partition coefficient (Wildman–Crippen LogP) is 3.36. The van der Waals surface area contributed by atoms with Crippen molar-refractivity contribution in [3.05, 3.63) is 55.1 Å². The number of pyridine rings is 1. The molecule has 0 bridgehead atoms. The molecule has 1 atom stereocenters. The zero-order valence-electron chi connectivity index (χ0n) is 15.1. The number of amides is 1. The molecule has 0 saturated carbocycles. The first-order valence-electron chi connectivity index (χ1n) is 8.67. The maximum absolute atomic E-state index is 10.8. The molecule has 0 aliphatic heterocycles. The van der Waals surface area contributed by atoms with E-state index in [-0.39, 0.29) is 6.04 Å². The van der Waals surface area contributed by atoms with Gasteiger partial charge in [0.25, 0.3) is 0 Å². The van der Waals surface area contributed by atoms with E-state index in [1.807, 2.05) is 36.5 Å². The summed E-state index contributed by atoms with van der Waals surface area (Å²) in [7, 11) is 0. The average molecular weight is 374 g/mol. The second-order valence-electron chi connectivity index (χ2n) is 6.40. The molecule has 140 valence electrons. The van der Waals surface area contributed by atoms with Gasteiger partial charge >= 0.3 is 6.09 Å². The van der Waals surface area contributed by atoms with E-state index in [0.29, 0.717) is 11.5 Å². The first-order valence-corrected chi connectivity index (χ1v) is 8.67. The summed E-state index contributed by atoms with van der Waals surface area (Å²) >= 11 is 0. The van der Waals surface area contributed by atoms with Crippen LogP contribution in [0.1, 0.15) is 6.92 Å². The first kappa shape index (κ1) is 17.5. The summed E-state index contributed by atoms with van der Waals surface area (Å²) in [5.41, 5.74) is 9.44. The van der Waals surface area contributed by atoms with E-state index in [9.17, 15) is 4.79 Å². The Bertz CT molecular complexity index is 1210. The Morgan fingerprint density at radius 3 is 2.93 bits per heavy atom. The molecule has 4 rings (SSSR count). The number of nitrogens with two attached hydrogens (primary N) is 1. The van der Waals surface area contributed by atoms with E-state index >= 15 is 0 Å². The average Bonchev–Trinajstić information content (AvgIpc) is 3.05. The number of aromatic nitrogens is 4. The lowest BCUT2D eigenvalue weighted by molar-refractivity contribution is 0.193. The van der Waals surface area contributed by atoms with Gasteiger partial charge in [-0.2, -0.15) is 0 Å². The Morgan fingerprint density at radius 2 is 2.11 bits per heavy atom. The van der Waals surface area contributed by atoms with E-state index < -0.39 is 6.09 Å². The number of carbonyl (C=O) groups is 1. The van der Waals surface area contributed by atoms with Gasteiger partial charge in [0.1, 0.15) is 17.8 Å². The number of benzene rings is 1. The predicted molar refractivity (Wildman–Crippen MR) is 109 cm³/mol. The van der Waals surface area contributed by atoms with Crippen molar-refractivity contribution < 1.29 is 9.90 Å². The lowest BCUT2D eigenvalue weighted by Gasteiger charge is -2.05. The minimum Gasteiger partial charge on any atom is -0.465 e. The maximum atomic E-state index is 10.8. The minimum atomic E-state index is -1.08. The van der Waals surface area contributed by atoms with Crippen molar-refractivity contribution in [1.29, 1.82) is 0 Å². The highest BCUT2D eigenvalue weighted by molar-refractivity contribution is 6.02. The fourth-order valence-electron chi connectivity index (χ4n) is 3.12. The molecule has 3 heterocycles. The van der Waals surface area contributed by atoms with Crippen LogP contribution >= 0.6 is 0 Å². The highest BCUT2D eigenvalue weighted by Gasteiger charge is 2.15. The Hall–Kier alpha value is -3.94. The van der Waals surface area contributed by atoms with Crippen LogP contribution in [0.5, 0.6) is 0 Å². The molecule has 1 amide bonds. The number of hydrogen-bond donors (Lipinski definition) is 3. The fraction of sp³-hybridized carbons (Fsp3) is 0.100. The van der Waals surface area contributed by atoms with Crippen molar-refractivity contribution in [3.63, 3.8) is 0 Å². The molecular weight excluding hydrogens is 356 g/mol. The van der Waals surface area contributed by atoms with Gasteiger partial charge < -0.3 is 20.7 Å². The van der Waals surface area contributed by atoms with Crippen molar-refractivity contribution in [2.45, 2.75) is 13.0 Å². The first-order chi connectivity index (χ1) is 13.5. The van der Waals surface area contributed by atoms with E-state index in [0.717, 1.165) is 27.4 Å². The quantitative estimate of drug-likeness (QED) is 0.504. The van der Waals surface area contributed by atoms with Gasteiger partial charge in [-0.25, -0.2) is 14.8 Å². The summed E-state index contributed by atoms with van der Waals surface area (Å²) in [5, 5.41) is 13.0. The van der Waals surface area contributed by atoms with Crippen LogP contribution in [0.3, 0.4) is 0 Å². The third-order valence-electron chi connectivity index (χ3n) is 4.43. The van der Waals surface area contributed by atoms with E-state index in [1.165, 1.54) is 6.33 Å². The lowest BCUT2D eigenvalue weighted by Crippen LogP contribution is -2.29. The number of para-hydroxylation sites is 1. The topological polar surface area (TPSA) is 119 Å². The Kier molecular flexibility index (Phi) is 4.36. The highest BCUT2D eigenvalue weighted by Crippen LogP contribution is 2.33. The summed E-state index contributed by atoms with van der Waals surface area (Å²) in [6.45, 7) is 1.74. The van der Waals surface area contributed by atoms with Crippen molar-refractivity contribution in [2.24, 2.45) is 0 Å². The van der Waals surface area contributed by atoms with E-state index in [2.05, 4.69) is 20.3 Å². The third kappa shape index (κ3) is 3.23. The zero-order chi connectivity index (χ0) is 19.7. The van der Waals surface area contributed by atoms with Gasteiger partial charge in [0.2, 0.25) is 0 Å². The molecule has 0 spiro atoms. The van der Waals surface area contributed by atoms with Crippen molar-refractivity contribution in [3.8, 4) is 11.1 Å². The minimum absolute atomic E-state index is 0.361. The van der Waals surface area contributed by atoms with E-state index in [1.54, 1.807) is 30.0 Å². The molecule has 1 aromatic carbocycles. The highest BCUT2D eigenvalue weighted by atomic mass is 16.4. The van der Waals surface area contributed by atoms with Crippen LogP contribution in [-0.4, -0.2) is 36.8 Å². The van der Waals surface area contributed by atoms with Gasteiger partial charge in [0.05, 0.1) is 10.9 Å². The number of carboxylic acid groups (broad SMARTS) is 1. The van der Waals surface area contributed by atoms with Crippen LogP contribution in [0.25, 0.3) is 39.3 Å². The number of anilines is 1. The maximum Gasteiger partial charge on any atom is 0.405 e. The zero-order valence-corrected chi connectivity index (χ0v) is 15.1. The standard InChI is InChI=1S/C20H18N6O2/c1-12(25-20(27)28)6-7-26-10-15(17-18(21)23-11-24-19(17)26)14-8-13-4-2-3-5-16(13)22-9-14/h2-12,25H,1H3,(H,27,28)(H2,21,23,24). The largest absolute Gasteiger partial charge is 0.465 e. The van der Waals surface area contributed by atoms with Crippen LogP contribution in [-0.2, 0) is 0 Å². The molecule has 0 radical (unpaired) electrons. The summed E-state index contributed by atoms with van der Waals surface area (Å²) in [5.74, 6) is 0.372. The number of hydrogen-bond acceptors (Lipinski definition) is 5. The summed E-state index contributed by atoms with van der Waals surface area (Å²) in [6.07, 6.45) is 7.51. The van der Waals surface area contributed by atoms with Crippen molar-refractivity contribution in [1.82, 2.24) is 24.8 Å². The summed E-state index contributed by atoms with van der Waals surface area (Å²) in [6, 6.07) is 9.56. The van der Waals surface area contributed by atoms with Crippen LogP contribution in [0, 0.1) is 0 Å².